The number of aliphatic imine (C=N–C) groups is 1. The number of benzene rings is 1. The third kappa shape index (κ3) is 4.40. The molecular formula is C22H24ClF2N5O2. The number of nitrogens with zero attached hydrogens (tertiary/aromatic N) is 2. The number of halogens is 3. The first-order chi connectivity index (χ1) is 15.2. The molecule has 3 heterocycles. The second kappa shape index (κ2) is 8.99. The summed E-state index contributed by atoms with van der Waals surface area (Å²) in [4.78, 5) is 19.2. The molecule has 2 atom stereocenters. The number of amides is 1. The smallest absolute Gasteiger partial charge is 0.258 e. The fourth-order valence-corrected chi connectivity index (χ4v) is 4.00. The van der Waals surface area contributed by atoms with E-state index in [-0.39, 0.29) is 36.7 Å². The van der Waals surface area contributed by atoms with E-state index < -0.39 is 24.0 Å². The molecule has 1 unspecified atom stereocenters. The van der Waals surface area contributed by atoms with Crippen molar-refractivity contribution >= 4 is 28.9 Å². The average Bonchev–Trinajstić information content (AvgIpc) is 3.14. The number of carbonyl (C=O) groups excluding carboxylic acids is 1. The monoisotopic (exact) mass is 463 g/mol. The highest BCUT2D eigenvalue weighted by molar-refractivity contribution is 6.43. The second-order valence-electron chi connectivity index (χ2n) is 8.03. The summed E-state index contributed by atoms with van der Waals surface area (Å²) in [6.45, 7) is 4.53. The van der Waals surface area contributed by atoms with Crippen LogP contribution in [0, 0.1) is 11.2 Å². The maximum absolute atomic E-state index is 14.2. The Bertz CT molecular complexity index is 1070. The van der Waals surface area contributed by atoms with Gasteiger partial charge in [0.1, 0.15) is 29.7 Å². The third-order valence-corrected chi connectivity index (χ3v) is 6.23. The Hall–Kier alpha value is -2.78. The SMILES string of the molecule is CC1=N/C(=C2\CN(C(=O)c3ccc(F)cc3OC3CCNC[C@H]3F)CC2=N)NC(C)=C1Cl. The molecule has 0 radical (unpaired) electrons. The van der Waals surface area contributed by atoms with Gasteiger partial charge in [0.25, 0.3) is 5.91 Å². The van der Waals surface area contributed by atoms with Crippen LogP contribution in [0.2, 0.25) is 0 Å². The van der Waals surface area contributed by atoms with Crippen LogP contribution in [0.3, 0.4) is 0 Å². The average molecular weight is 464 g/mol. The van der Waals surface area contributed by atoms with Crippen molar-refractivity contribution in [1.29, 1.82) is 5.41 Å². The van der Waals surface area contributed by atoms with E-state index in [4.69, 9.17) is 21.7 Å². The lowest BCUT2D eigenvalue weighted by molar-refractivity contribution is 0.0678. The van der Waals surface area contributed by atoms with E-state index in [9.17, 15) is 13.6 Å². The highest BCUT2D eigenvalue weighted by Gasteiger charge is 2.33. The molecule has 7 nitrogen and oxygen atoms in total. The van der Waals surface area contributed by atoms with Crippen molar-refractivity contribution in [3.8, 4) is 5.75 Å². The molecule has 3 N–H and O–H groups in total. The molecule has 0 aromatic heterocycles. The van der Waals surface area contributed by atoms with Gasteiger partial charge in [-0.15, -0.1) is 0 Å². The minimum Gasteiger partial charge on any atom is -0.486 e. The van der Waals surface area contributed by atoms with Crippen molar-refractivity contribution < 1.29 is 18.3 Å². The van der Waals surface area contributed by atoms with E-state index in [1.54, 1.807) is 6.92 Å². The number of likely N-dealkylation sites (tertiary alicyclic amines) is 1. The first kappa shape index (κ1) is 22.4. The topological polar surface area (TPSA) is 89.8 Å². The van der Waals surface area contributed by atoms with E-state index in [0.29, 0.717) is 35.1 Å². The van der Waals surface area contributed by atoms with Crippen molar-refractivity contribution in [2.75, 3.05) is 26.2 Å². The van der Waals surface area contributed by atoms with Crippen LogP contribution in [0.25, 0.3) is 0 Å². The van der Waals surface area contributed by atoms with E-state index >= 15 is 0 Å². The lowest BCUT2D eigenvalue weighted by Crippen LogP contribution is -2.44. The van der Waals surface area contributed by atoms with Gasteiger partial charge < -0.3 is 25.7 Å². The highest BCUT2D eigenvalue weighted by atomic mass is 35.5. The fourth-order valence-electron chi connectivity index (χ4n) is 3.91. The van der Waals surface area contributed by atoms with E-state index in [1.807, 2.05) is 6.92 Å². The van der Waals surface area contributed by atoms with Gasteiger partial charge in [0.2, 0.25) is 0 Å². The highest BCUT2D eigenvalue weighted by Crippen LogP contribution is 2.28. The number of piperidine rings is 1. The Kier molecular flexibility index (Phi) is 6.30. The maximum Gasteiger partial charge on any atom is 0.258 e. The Balaban J connectivity index is 1.58. The predicted molar refractivity (Wildman–Crippen MR) is 119 cm³/mol. The summed E-state index contributed by atoms with van der Waals surface area (Å²) >= 11 is 6.18. The van der Waals surface area contributed by atoms with Crippen LogP contribution >= 0.6 is 11.6 Å². The fraction of sp³-hybridized carbons (Fsp3) is 0.409. The van der Waals surface area contributed by atoms with Gasteiger partial charge in [0.15, 0.2) is 0 Å². The van der Waals surface area contributed by atoms with Crippen LogP contribution in [0.1, 0.15) is 30.6 Å². The minimum atomic E-state index is -1.26. The molecule has 4 rings (SSSR count). The van der Waals surface area contributed by atoms with Crippen LogP contribution in [0.4, 0.5) is 8.78 Å². The summed E-state index contributed by atoms with van der Waals surface area (Å²) in [5.74, 6) is -0.512. The zero-order chi connectivity index (χ0) is 23.0. The Labute approximate surface area is 189 Å². The molecule has 0 bridgehead atoms. The van der Waals surface area contributed by atoms with Crippen molar-refractivity contribution in [2.24, 2.45) is 4.99 Å². The lowest BCUT2D eigenvalue weighted by atomic mass is 10.1. The molecule has 170 valence electrons. The van der Waals surface area contributed by atoms with E-state index in [2.05, 4.69) is 15.6 Å². The molecule has 1 amide bonds. The molecule has 3 aliphatic rings. The number of nitrogens with one attached hydrogen (secondary N) is 3. The van der Waals surface area contributed by atoms with Crippen LogP contribution in [0.15, 0.2) is 45.3 Å². The van der Waals surface area contributed by atoms with Gasteiger partial charge >= 0.3 is 0 Å². The number of rotatable bonds is 3. The van der Waals surface area contributed by atoms with Gasteiger partial charge in [0, 0.05) is 23.9 Å². The van der Waals surface area contributed by atoms with Crippen molar-refractivity contribution in [2.45, 2.75) is 32.5 Å². The molecular weight excluding hydrogens is 440 g/mol. The first-order valence-corrected chi connectivity index (χ1v) is 10.7. The number of alkyl halides is 1. The number of ether oxygens (including phenoxy) is 1. The van der Waals surface area contributed by atoms with Crippen LogP contribution in [-0.4, -0.2) is 60.7 Å². The molecule has 0 aliphatic carbocycles. The number of hydrogen-bond acceptors (Lipinski definition) is 6. The minimum absolute atomic E-state index is 0.00685. The van der Waals surface area contributed by atoms with E-state index in [0.717, 1.165) is 11.8 Å². The maximum atomic E-state index is 14.2. The first-order valence-electron chi connectivity index (χ1n) is 10.3. The summed E-state index contributed by atoms with van der Waals surface area (Å²) in [6, 6.07) is 3.61. The summed E-state index contributed by atoms with van der Waals surface area (Å²) in [6.07, 6.45) is -1.61. The second-order valence-corrected chi connectivity index (χ2v) is 8.41. The molecule has 2 saturated heterocycles. The van der Waals surface area contributed by atoms with Gasteiger partial charge in [-0.25, -0.2) is 13.8 Å². The largest absolute Gasteiger partial charge is 0.486 e. The Morgan fingerprint density at radius 3 is 2.84 bits per heavy atom. The Morgan fingerprint density at radius 2 is 2.12 bits per heavy atom. The number of hydrogen-bond donors (Lipinski definition) is 3. The van der Waals surface area contributed by atoms with Crippen molar-refractivity contribution in [3.63, 3.8) is 0 Å². The molecule has 2 fully saturated rings. The van der Waals surface area contributed by atoms with Crippen molar-refractivity contribution in [1.82, 2.24) is 15.5 Å². The predicted octanol–water partition coefficient (Wildman–Crippen LogP) is 3.13. The van der Waals surface area contributed by atoms with E-state index in [1.165, 1.54) is 17.0 Å². The van der Waals surface area contributed by atoms with Crippen molar-refractivity contribution in [3.05, 3.63) is 51.7 Å². The standard InChI is InChI=1S/C22H24ClF2N5O2/c1-11-20(23)12(2)29-21(28-11)15-9-30(10-17(15)26)22(31)14-4-3-13(24)7-19(14)32-18-5-6-27-8-16(18)25/h3-4,7,16,18,26-28H,5-6,8-10H2,1-2H3/b21-15+,26-17?/t16-,18?/m1/s1. The zero-order valence-electron chi connectivity index (χ0n) is 17.8. The summed E-state index contributed by atoms with van der Waals surface area (Å²) in [5, 5.41) is 14.9. The quantitative estimate of drug-likeness (QED) is 0.642. The van der Waals surface area contributed by atoms with Gasteiger partial charge in [-0.3, -0.25) is 4.79 Å². The number of allylic oxidation sites excluding steroid dienone is 2. The van der Waals surface area contributed by atoms with Crippen LogP contribution < -0.4 is 15.4 Å². The summed E-state index contributed by atoms with van der Waals surface area (Å²) < 4.78 is 33.9. The molecule has 32 heavy (non-hydrogen) atoms. The van der Waals surface area contributed by atoms with Crippen LogP contribution in [0.5, 0.6) is 5.75 Å². The normalized spacial score (nSPS) is 26.2. The third-order valence-electron chi connectivity index (χ3n) is 5.67. The molecule has 3 aliphatic heterocycles. The lowest BCUT2D eigenvalue weighted by Gasteiger charge is -2.28. The van der Waals surface area contributed by atoms with Gasteiger partial charge in [-0.05, 0) is 38.9 Å². The van der Waals surface area contributed by atoms with Gasteiger partial charge in [0.05, 0.1) is 35.1 Å². The molecule has 1 aromatic carbocycles. The zero-order valence-corrected chi connectivity index (χ0v) is 18.5. The van der Waals surface area contributed by atoms with Gasteiger partial charge in [-0.1, -0.05) is 11.6 Å². The molecule has 0 spiro atoms. The molecule has 1 aromatic rings. The summed E-state index contributed by atoms with van der Waals surface area (Å²) in [7, 11) is 0. The number of carbonyl (C=O) groups is 1. The summed E-state index contributed by atoms with van der Waals surface area (Å²) in [5.41, 5.74) is 2.30. The molecule has 0 saturated carbocycles. The van der Waals surface area contributed by atoms with Crippen LogP contribution in [-0.2, 0) is 0 Å². The Morgan fingerprint density at radius 1 is 1.34 bits per heavy atom. The molecule has 10 heteroatoms. The van der Waals surface area contributed by atoms with Gasteiger partial charge in [-0.2, -0.15) is 0 Å².